The number of hydrogen-bond acceptors (Lipinski definition) is 3. The van der Waals surface area contributed by atoms with Crippen LogP contribution in [0, 0.1) is 5.82 Å². The van der Waals surface area contributed by atoms with Crippen LogP contribution in [0.5, 0.6) is 0 Å². The highest BCUT2D eigenvalue weighted by molar-refractivity contribution is 5.98. The second-order valence-corrected chi connectivity index (χ2v) is 3.23. The number of carbonyl (C=O) groups excluding carboxylic acids is 1. The van der Waals surface area contributed by atoms with Crippen molar-refractivity contribution >= 4 is 16.8 Å². The van der Waals surface area contributed by atoms with E-state index in [4.69, 9.17) is 5.73 Å². The van der Waals surface area contributed by atoms with Crippen LogP contribution in [0.1, 0.15) is 16.9 Å². The minimum Gasteiger partial charge on any atom is -0.351 e. The van der Waals surface area contributed by atoms with Gasteiger partial charge in [0, 0.05) is 12.5 Å². The predicted octanol–water partition coefficient (Wildman–Crippen LogP) is 1.23. The van der Waals surface area contributed by atoms with Gasteiger partial charge in [0.2, 0.25) is 0 Å². The number of H-pyrrole nitrogens is 1. The van der Waals surface area contributed by atoms with E-state index in [9.17, 15) is 9.18 Å². The summed E-state index contributed by atoms with van der Waals surface area (Å²) in [5.41, 5.74) is 6.80. The molecule has 2 aromatic heterocycles. The maximum atomic E-state index is 12.8. The first-order chi connectivity index (χ1) is 7.20. The van der Waals surface area contributed by atoms with Crippen molar-refractivity contribution in [2.75, 3.05) is 6.54 Å². The number of carbonyl (C=O) groups is 1. The van der Waals surface area contributed by atoms with Crippen molar-refractivity contribution in [3.63, 3.8) is 0 Å². The average Bonchev–Trinajstić information content (AvgIpc) is 2.60. The first kappa shape index (κ1) is 9.79. The number of nitrogens with one attached hydrogen (secondary N) is 1. The molecule has 0 aliphatic heterocycles. The van der Waals surface area contributed by atoms with Crippen LogP contribution < -0.4 is 5.73 Å². The Kier molecular flexibility index (Phi) is 2.47. The number of fused-ring (bicyclic) bond motifs is 1. The van der Waals surface area contributed by atoms with Crippen molar-refractivity contribution in [1.82, 2.24) is 9.97 Å². The van der Waals surface area contributed by atoms with Gasteiger partial charge in [-0.05, 0) is 12.6 Å². The van der Waals surface area contributed by atoms with Gasteiger partial charge in [0.25, 0.3) is 0 Å². The molecule has 0 bridgehead atoms. The van der Waals surface area contributed by atoms with Gasteiger partial charge in [-0.2, -0.15) is 0 Å². The number of aromatic nitrogens is 2. The molecule has 3 N–H and O–H groups in total. The van der Waals surface area contributed by atoms with Crippen LogP contribution >= 0.6 is 0 Å². The zero-order chi connectivity index (χ0) is 10.8. The summed E-state index contributed by atoms with van der Waals surface area (Å²) in [7, 11) is 0. The lowest BCUT2D eigenvalue weighted by Gasteiger charge is -1.92. The van der Waals surface area contributed by atoms with E-state index >= 15 is 0 Å². The van der Waals surface area contributed by atoms with Crippen molar-refractivity contribution in [3.8, 4) is 0 Å². The molecule has 0 unspecified atom stereocenters. The molecule has 0 fully saturated rings. The van der Waals surface area contributed by atoms with E-state index in [1.807, 2.05) is 0 Å². The third-order valence-corrected chi connectivity index (χ3v) is 2.11. The zero-order valence-electron chi connectivity index (χ0n) is 7.96. The van der Waals surface area contributed by atoms with Gasteiger partial charge in [0.1, 0.15) is 5.82 Å². The maximum Gasteiger partial charge on any atom is 0.180 e. The molecule has 0 saturated carbocycles. The third kappa shape index (κ3) is 1.87. The zero-order valence-corrected chi connectivity index (χ0v) is 7.96. The lowest BCUT2D eigenvalue weighted by molar-refractivity contribution is 0.0981. The highest BCUT2D eigenvalue weighted by Crippen LogP contribution is 2.14. The van der Waals surface area contributed by atoms with Crippen LogP contribution in [0.3, 0.4) is 0 Å². The fourth-order valence-electron chi connectivity index (χ4n) is 1.40. The Balaban J connectivity index is 2.42. The number of nitrogens with two attached hydrogens (primary N) is 1. The molecule has 2 aromatic rings. The Morgan fingerprint density at radius 3 is 3.07 bits per heavy atom. The average molecular weight is 207 g/mol. The number of pyridine rings is 1. The number of rotatable bonds is 3. The second kappa shape index (κ2) is 3.78. The van der Waals surface area contributed by atoms with E-state index in [1.165, 1.54) is 6.07 Å². The van der Waals surface area contributed by atoms with E-state index in [0.29, 0.717) is 23.3 Å². The normalized spacial score (nSPS) is 10.8. The first-order valence-corrected chi connectivity index (χ1v) is 4.58. The fraction of sp³-hybridized carbons (Fsp3) is 0.200. The molecule has 2 heterocycles. The van der Waals surface area contributed by atoms with Crippen LogP contribution in [0.25, 0.3) is 11.0 Å². The minimum atomic E-state index is -0.429. The lowest BCUT2D eigenvalue weighted by atomic mass is 10.2. The van der Waals surface area contributed by atoms with Gasteiger partial charge in [-0.3, -0.25) is 9.78 Å². The van der Waals surface area contributed by atoms with Crippen LogP contribution in [-0.2, 0) is 0 Å². The Bertz CT molecular complexity index is 506. The van der Waals surface area contributed by atoms with Crippen molar-refractivity contribution in [1.29, 1.82) is 0 Å². The molecule has 0 atom stereocenters. The molecule has 4 nitrogen and oxygen atoms in total. The molecule has 0 radical (unpaired) electrons. The molecule has 0 aromatic carbocycles. The molecule has 15 heavy (non-hydrogen) atoms. The summed E-state index contributed by atoms with van der Waals surface area (Å²) in [4.78, 5) is 18.1. The molecule has 0 saturated heterocycles. The maximum absolute atomic E-state index is 12.8. The summed E-state index contributed by atoms with van der Waals surface area (Å²) in [5, 5.41) is 0. The van der Waals surface area contributed by atoms with Crippen molar-refractivity contribution in [3.05, 3.63) is 29.8 Å². The predicted molar refractivity (Wildman–Crippen MR) is 54.1 cm³/mol. The van der Waals surface area contributed by atoms with E-state index in [2.05, 4.69) is 9.97 Å². The number of ketones is 1. The van der Waals surface area contributed by atoms with Crippen molar-refractivity contribution in [2.45, 2.75) is 6.42 Å². The molecule has 0 spiro atoms. The Morgan fingerprint density at radius 1 is 1.53 bits per heavy atom. The molecular formula is C10H10FN3O. The van der Waals surface area contributed by atoms with Crippen LogP contribution in [0.2, 0.25) is 0 Å². The molecule has 78 valence electrons. The number of aromatic amines is 1. The van der Waals surface area contributed by atoms with Gasteiger partial charge in [0.05, 0.1) is 22.9 Å². The lowest BCUT2D eigenvalue weighted by Crippen LogP contribution is -2.08. The second-order valence-electron chi connectivity index (χ2n) is 3.23. The van der Waals surface area contributed by atoms with E-state index < -0.39 is 5.82 Å². The molecule has 0 aliphatic rings. The topological polar surface area (TPSA) is 71.8 Å². The summed E-state index contributed by atoms with van der Waals surface area (Å²) in [6.07, 6.45) is 1.39. The first-order valence-electron chi connectivity index (χ1n) is 4.58. The Morgan fingerprint density at radius 2 is 2.33 bits per heavy atom. The van der Waals surface area contributed by atoms with E-state index in [1.54, 1.807) is 6.07 Å². The SMILES string of the molecule is NCCC(=O)c1cc2ncc(F)cc2[nH]1. The summed E-state index contributed by atoms with van der Waals surface area (Å²) in [5.74, 6) is -0.516. The summed E-state index contributed by atoms with van der Waals surface area (Å²) >= 11 is 0. The smallest absolute Gasteiger partial charge is 0.180 e. The standard InChI is InChI=1S/C10H10FN3O/c11-6-3-8-7(13-5-6)4-9(14-8)10(15)1-2-12/h3-5,14H,1-2,12H2. The third-order valence-electron chi connectivity index (χ3n) is 2.11. The van der Waals surface area contributed by atoms with E-state index in [0.717, 1.165) is 6.20 Å². The van der Waals surface area contributed by atoms with Gasteiger partial charge in [0.15, 0.2) is 5.78 Å². The van der Waals surface area contributed by atoms with Crippen LogP contribution in [0.4, 0.5) is 4.39 Å². The largest absolute Gasteiger partial charge is 0.351 e. The monoisotopic (exact) mass is 207 g/mol. The van der Waals surface area contributed by atoms with Crippen LogP contribution in [0.15, 0.2) is 18.3 Å². The van der Waals surface area contributed by atoms with E-state index in [-0.39, 0.29) is 12.2 Å². The summed E-state index contributed by atoms with van der Waals surface area (Å²) < 4.78 is 12.8. The summed E-state index contributed by atoms with van der Waals surface area (Å²) in [6.45, 7) is 0.302. The quantitative estimate of drug-likeness (QED) is 0.743. The highest BCUT2D eigenvalue weighted by Gasteiger charge is 2.09. The molecule has 0 aliphatic carbocycles. The van der Waals surface area contributed by atoms with Crippen LogP contribution in [-0.4, -0.2) is 22.3 Å². The number of hydrogen-bond donors (Lipinski definition) is 2. The number of halogens is 1. The van der Waals surface area contributed by atoms with Gasteiger partial charge >= 0.3 is 0 Å². The summed E-state index contributed by atoms with van der Waals surface area (Å²) in [6, 6.07) is 2.91. The van der Waals surface area contributed by atoms with Gasteiger partial charge < -0.3 is 10.7 Å². The molecular weight excluding hydrogens is 197 g/mol. The molecule has 5 heteroatoms. The molecule has 2 rings (SSSR count). The van der Waals surface area contributed by atoms with Gasteiger partial charge in [-0.15, -0.1) is 0 Å². The highest BCUT2D eigenvalue weighted by atomic mass is 19.1. The molecule has 0 amide bonds. The Hall–Kier alpha value is -1.75. The Labute approximate surface area is 85.3 Å². The van der Waals surface area contributed by atoms with Gasteiger partial charge in [-0.25, -0.2) is 4.39 Å². The van der Waals surface area contributed by atoms with Gasteiger partial charge in [-0.1, -0.05) is 0 Å². The minimum absolute atomic E-state index is 0.0871. The van der Waals surface area contributed by atoms with Crippen molar-refractivity contribution in [2.24, 2.45) is 5.73 Å². The van der Waals surface area contributed by atoms with Crippen molar-refractivity contribution < 1.29 is 9.18 Å². The fourth-order valence-corrected chi connectivity index (χ4v) is 1.40. The number of nitrogens with zero attached hydrogens (tertiary/aromatic N) is 1. The number of Topliss-reactive ketones (excluding diaryl/α,β-unsaturated/α-hetero) is 1.